The zero-order valence-electron chi connectivity index (χ0n) is 15.1. The van der Waals surface area contributed by atoms with Crippen LogP contribution in [0.2, 0.25) is 0 Å². The van der Waals surface area contributed by atoms with Gasteiger partial charge in [0.25, 0.3) is 5.91 Å². The predicted octanol–water partition coefficient (Wildman–Crippen LogP) is 1.71. The number of anilines is 4. The van der Waals surface area contributed by atoms with Gasteiger partial charge in [-0.15, -0.1) is 0 Å². The first-order valence-corrected chi connectivity index (χ1v) is 8.92. The Morgan fingerprint density at radius 3 is 2.64 bits per heavy atom. The number of hydrogen-bond donors (Lipinski definition) is 5. The summed E-state index contributed by atoms with van der Waals surface area (Å²) in [5.74, 6) is -1.45. The van der Waals surface area contributed by atoms with Gasteiger partial charge >= 0.3 is 0 Å². The molecular formula is C18H22FN7O2. The average molecular weight is 387 g/mol. The third-order valence-corrected chi connectivity index (χ3v) is 4.61. The van der Waals surface area contributed by atoms with Crippen LogP contribution >= 0.6 is 0 Å². The smallest absolute Gasteiger partial charge is 0.252 e. The lowest BCUT2D eigenvalue weighted by Gasteiger charge is -2.30. The minimum Gasteiger partial charge on any atom is -0.365 e. The standard InChI is InChI=1S/C18H22FN7O2/c19-13-6-12(16(21)28)17(24-11-5-10(23-9-27)7-22-8-11)26-18(13)25-15-4-2-1-3-14(15)20/h5-9,14-15H,1-4,20H2,(H2,21,28)(H,23,27)(H2,24,25,26)/t14-,15?/m0/s1. The molecule has 0 saturated heterocycles. The fourth-order valence-electron chi connectivity index (χ4n) is 3.18. The molecule has 0 aromatic carbocycles. The lowest BCUT2D eigenvalue weighted by atomic mass is 9.91. The Bertz CT molecular complexity index is 877. The summed E-state index contributed by atoms with van der Waals surface area (Å²) in [4.78, 5) is 30.5. The van der Waals surface area contributed by atoms with E-state index in [0.29, 0.717) is 17.8 Å². The van der Waals surface area contributed by atoms with E-state index in [1.165, 1.54) is 12.4 Å². The molecule has 148 valence electrons. The Morgan fingerprint density at radius 1 is 1.18 bits per heavy atom. The molecule has 28 heavy (non-hydrogen) atoms. The fourth-order valence-corrected chi connectivity index (χ4v) is 3.18. The molecule has 10 heteroatoms. The number of nitrogens with zero attached hydrogens (tertiary/aromatic N) is 2. The summed E-state index contributed by atoms with van der Waals surface area (Å²) in [5, 5.41) is 8.42. The SMILES string of the molecule is NC(=O)c1cc(F)c(NC2CCCC[C@@H]2N)nc1Nc1cncc(NC=O)c1. The van der Waals surface area contributed by atoms with Crippen LogP contribution in [-0.2, 0) is 4.79 Å². The molecule has 2 amide bonds. The van der Waals surface area contributed by atoms with Crippen LogP contribution in [0.4, 0.5) is 27.4 Å². The van der Waals surface area contributed by atoms with Crippen molar-refractivity contribution in [2.75, 3.05) is 16.0 Å². The first-order valence-electron chi connectivity index (χ1n) is 8.92. The molecule has 1 aliphatic carbocycles. The van der Waals surface area contributed by atoms with E-state index < -0.39 is 11.7 Å². The molecule has 0 spiro atoms. The summed E-state index contributed by atoms with van der Waals surface area (Å²) in [6.45, 7) is 0. The van der Waals surface area contributed by atoms with Gasteiger partial charge < -0.3 is 27.4 Å². The van der Waals surface area contributed by atoms with E-state index >= 15 is 0 Å². The Hall–Kier alpha value is -3.27. The van der Waals surface area contributed by atoms with Crippen LogP contribution in [0.1, 0.15) is 36.0 Å². The van der Waals surface area contributed by atoms with E-state index in [1.54, 1.807) is 6.07 Å². The third-order valence-electron chi connectivity index (χ3n) is 4.61. The number of aromatic nitrogens is 2. The van der Waals surface area contributed by atoms with Crippen LogP contribution in [0.5, 0.6) is 0 Å². The Labute approximate surface area is 161 Å². The second-order valence-corrected chi connectivity index (χ2v) is 6.63. The molecule has 7 N–H and O–H groups in total. The lowest BCUT2D eigenvalue weighted by Crippen LogP contribution is -2.43. The van der Waals surface area contributed by atoms with Crippen molar-refractivity contribution < 1.29 is 14.0 Å². The van der Waals surface area contributed by atoms with Gasteiger partial charge in [-0.25, -0.2) is 9.37 Å². The normalized spacial score (nSPS) is 18.9. The van der Waals surface area contributed by atoms with Crippen LogP contribution in [0.15, 0.2) is 24.5 Å². The van der Waals surface area contributed by atoms with Gasteiger partial charge in [-0.05, 0) is 25.0 Å². The highest BCUT2D eigenvalue weighted by Gasteiger charge is 2.24. The fraction of sp³-hybridized carbons (Fsp3) is 0.333. The van der Waals surface area contributed by atoms with Gasteiger partial charge in [0.15, 0.2) is 11.6 Å². The van der Waals surface area contributed by atoms with Crippen LogP contribution in [0.3, 0.4) is 0 Å². The minimum absolute atomic E-state index is 0.00928. The molecule has 0 bridgehead atoms. The minimum atomic E-state index is -0.829. The number of nitrogens with two attached hydrogens (primary N) is 2. The Morgan fingerprint density at radius 2 is 1.93 bits per heavy atom. The van der Waals surface area contributed by atoms with Gasteiger partial charge in [0.1, 0.15) is 5.82 Å². The summed E-state index contributed by atoms with van der Waals surface area (Å²) in [6.07, 6.45) is 7.14. The monoisotopic (exact) mass is 387 g/mol. The van der Waals surface area contributed by atoms with E-state index in [9.17, 15) is 14.0 Å². The van der Waals surface area contributed by atoms with Crippen molar-refractivity contribution in [1.82, 2.24) is 9.97 Å². The predicted molar refractivity (Wildman–Crippen MR) is 104 cm³/mol. The largest absolute Gasteiger partial charge is 0.365 e. The topological polar surface area (TPSA) is 148 Å². The highest BCUT2D eigenvalue weighted by molar-refractivity contribution is 5.98. The Balaban J connectivity index is 1.91. The zero-order chi connectivity index (χ0) is 20.1. The zero-order valence-corrected chi connectivity index (χ0v) is 15.1. The van der Waals surface area contributed by atoms with Gasteiger partial charge in [-0.3, -0.25) is 14.6 Å². The molecule has 1 aliphatic rings. The number of amides is 2. The van der Waals surface area contributed by atoms with Crippen LogP contribution in [-0.4, -0.2) is 34.4 Å². The van der Waals surface area contributed by atoms with Crippen LogP contribution < -0.4 is 27.4 Å². The first kappa shape index (κ1) is 19.5. The molecule has 1 fully saturated rings. The summed E-state index contributed by atoms with van der Waals surface area (Å²) in [6, 6.07) is 2.42. The molecule has 9 nitrogen and oxygen atoms in total. The maximum Gasteiger partial charge on any atom is 0.252 e. The van der Waals surface area contributed by atoms with Crippen molar-refractivity contribution in [3.8, 4) is 0 Å². The number of carbonyl (C=O) groups is 2. The van der Waals surface area contributed by atoms with Gasteiger partial charge in [-0.1, -0.05) is 12.8 Å². The highest BCUT2D eigenvalue weighted by atomic mass is 19.1. The van der Waals surface area contributed by atoms with Crippen molar-refractivity contribution >= 4 is 35.3 Å². The van der Waals surface area contributed by atoms with Gasteiger partial charge in [0.2, 0.25) is 6.41 Å². The number of primary amides is 1. The number of nitrogens with one attached hydrogen (secondary N) is 3. The molecule has 2 aromatic heterocycles. The molecule has 1 saturated carbocycles. The summed E-state index contributed by atoms with van der Waals surface area (Å²) in [7, 11) is 0. The average Bonchev–Trinajstić information content (AvgIpc) is 2.66. The van der Waals surface area contributed by atoms with Crippen molar-refractivity contribution in [2.24, 2.45) is 11.5 Å². The van der Waals surface area contributed by atoms with Crippen molar-refractivity contribution in [3.05, 3.63) is 35.9 Å². The van der Waals surface area contributed by atoms with Gasteiger partial charge in [0, 0.05) is 12.1 Å². The molecule has 1 unspecified atom stereocenters. The summed E-state index contributed by atoms with van der Waals surface area (Å²) in [5.41, 5.74) is 12.3. The second kappa shape index (κ2) is 8.61. The second-order valence-electron chi connectivity index (χ2n) is 6.63. The maximum atomic E-state index is 14.5. The third kappa shape index (κ3) is 4.52. The van der Waals surface area contributed by atoms with Crippen molar-refractivity contribution in [3.63, 3.8) is 0 Å². The number of hydrogen-bond acceptors (Lipinski definition) is 7. The van der Waals surface area contributed by atoms with E-state index in [2.05, 4.69) is 25.9 Å². The molecule has 2 aromatic rings. The lowest BCUT2D eigenvalue weighted by molar-refractivity contribution is -0.105. The number of rotatable bonds is 7. The van der Waals surface area contributed by atoms with E-state index in [0.717, 1.165) is 31.7 Å². The first-order chi connectivity index (χ1) is 13.5. The molecule has 2 heterocycles. The Kier molecular flexibility index (Phi) is 5.99. The molecule has 0 aliphatic heterocycles. The molecule has 2 atom stereocenters. The number of carbonyl (C=O) groups excluding carboxylic acids is 2. The van der Waals surface area contributed by atoms with E-state index in [1.807, 2.05) is 0 Å². The van der Waals surface area contributed by atoms with Crippen molar-refractivity contribution in [1.29, 1.82) is 0 Å². The van der Waals surface area contributed by atoms with E-state index in [4.69, 9.17) is 11.5 Å². The summed E-state index contributed by atoms with van der Waals surface area (Å²) >= 11 is 0. The van der Waals surface area contributed by atoms with Gasteiger partial charge in [-0.2, -0.15) is 0 Å². The maximum absolute atomic E-state index is 14.5. The molecule has 3 rings (SSSR count). The van der Waals surface area contributed by atoms with Crippen LogP contribution in [0.25, 0.3) is 0 Å². The summed E-state index contributed by atoms with van der Waals surface area (Å²) < 4.78 is 14.5. The number of halogens is 1. The van der Waals surface area contributed by atoms with Gasteiger partial charge in [0.05, 0.1) is 29.3 Å². The number of pyridine rings is 2. The molecular weight excluding hydrogens is 365 g/mol. The van der Waals surface area contributed by atoms with Crippen LogP contribution in [0, 0.1) is 5.82 Å². The van der Waals surface area contributed by atoms with E-state index in [-0.39, 0.29) is 29.3 Å². The highest BCUT2D eigenvalue weighted by Crippen LogP contribution is 2.27. The van der Waals surface area contributed by atoms with Crippen molar-refractivity contribution in [2.45, 2.75) is 37.8 Å². The molecule has 0 radical (unpaired) electrons. The quantitative estimate of drug-likeness (QED) is 0.454.